The van der Waals surface area contributed by atoms with Gasteiger partial charge in [0.1, 0.15) is 5.75 Å². The molecule has 1 N–H and O–H groups in total. The molecule has 0 aromatic heterocycles. The van der Waals surface area contributed by atoms with Crippen molar-refractivity contribution in [3.05, 3.63) is 59.2 Å². The Kier molecular flexibility index (Phi) is 5.26. The molecule has 0 radical (unpaired) electrons. The van der Waals surface area contributed by atoms with E-state index in [4.69, 9.17) is 4.74 Å². The second kappa shape index (κ2) is 7.16. The number of aryl methyl sites for hydroxylation is 2. The maximum Gasteiger partial charge on any atom is 0.118 e. The van der Waals surface area contributed by atoms with Crippen molar-refractivity contribution in [2.24, 2.45) is 0 Å². The number of hydrogen-bond acceptors (Lipinski definition) is 2. The fraction of sp³-hybridized carbons (Fsp3) is 0.368. The Morgan fingerprint density at radius 1 is 1.10 bits per heavy atom. The SMILES string of the molecule is CCc1cccc(C)c1NC(C)Cc1ccc(OC)cc1. The minimum absolute atomic E-state index is 0.393. The molecule has 2 aromatic rings. The summed E-state index contributed by atoms with van der Waals surface area (Å²) < 4.78 is 5.20. The average Bonchev–Trinajstić information content (AvgIpc) is 2.50. The highest BCUT2D eigenvalue weighted by Gasteiger charge is 2.09. The Labute approximate surface area is 128 Å². The summed E-state index contributed by atoms with van der Waals surface area (Å²) in [6.45, 7) is 6.60. The molecule has 1 unspecified atom stereocenters. The van der Waals surface area contributed by atoms with Crippen molar-refractivity contribution in [3.63, 3.8) is 0 Å². The minimum atomic E-state index is 0.393. The van der Waals surface area contributed by atoms with Gasteiger partial charge >= 0.3 is 0 Å². The molecule has 2 rings (SSSR count). The molecule has 0 spiro atoms. The van der Waals surface area contributed by atoms with Crippen molar-refractivity contribution < 1.29 is 4.74 Å². The maximum absolute atomic E-state index is 5.20. The number of para-hydroxylation sites is 1. The van der Waals surface area contributed by atoms with Crippen molar-refractivity contribution in [1.29, 1.82) is 0 Å². The zero-order valence-corrected chi connectivity index (χ0v) is 13.4. The Balaban J connectivity index is 2.06. The standard InChI is InChI=1S/C19H25NO/c1-5-17-8-6-7-14(2)19(17)20-15(3)13-16-9-11-18(21-4)12-10-16/h6-12,15,20H,5,13H2,1-4H3. The Bertz CT molecular complexity index is 575. The third-order valence-corrected chi connectivity index (χ3v) is 3.83. The molecule has 0 aliphatic carbocycles. The number of rotatable bonds is 6. The van der Waals surface area contributed by atoms with Crippen molar-refractivity contribution >= 4 is 5.69 Å². The molecule has 2 aromatic carbocycles. The van der Waals surface area contributed by atoms with E-state index in [1.54, 1.807) is 7.11 Å². The largest absolute Gasteiger partial charge is 0.497 e. The number of methoxy groups -OCH3 is 1. The van der Waals surface area contributed by atoms with Crippen molar-refractivity contribution in [3.8, 4) is 5.75 Å². The summed E-state index contributed by atoms with van der Waals surface area (Å²) in [6.07, 6.45) is 2.06. The van der Waals surface area contributed by atoms with Gasteiger partial charge in [-0.05, 0) is 55.5 Å². The fourth-order valence-electron chi connectivity index (χ4n) is 2.64. The van der Waals surface area contributed by atoms with E-state index in [2.05, 4.69) is 56.4 Å². The van der Waals surface area contributed by atoms with Crippen LogP contribution in [0.2, 0.25) is 0 Å². The van der Waals surface area contributed by atoms with E-state index in [0.29, 0.717) is 6.04 Å². The van der Waals surface area contributed by atoms with Crippen LogP contribution < -0.4 is 10.1 Å². The van der Waals surface area contributed by atoms with E-state index in [0.717, 1.165) is 18.6 Å². The third kappa shape index (κ3) is 4.01. The van der Waals surface area contributed by atoms with Crippen molar-refractivity contribution in [2.45, 2.75) is 39.7 Å². The van der Waals surface area contributed by atoms with E-state index >= 15 is 0 Å². The van der Waals surface area contributed by atoms with Gasteiger partial charge in [-0.25, -0.2) is 0 Å². The van der Waals surface area contributed by atoms with Crippen LogP contribution in [-0.4, -0.2) is 13.2 Å². The van der Waals surface area contributed by atoms with Gasteiger partial charge in [0.05, 0.1) is 7.11 Å². The molecule has 0 aliphatic rings. The van der Waals surface area contributed by atoms with Crippen LogP contribution >= 0.6 is 0 Å². The van der Waals surface area contributed by atoms with Crippen LogP contribution in [0, 0.1) is 6.92 Å². The zero-order valence-electron chi connectivity index (χ0n) is 13.4. The van der Waals surface area contributed by atoms with Gasteiger partial charge in [-0.15, -0.1) is 0 Å². The number of anilines is 1. The fourth-order valence-corrected chi connectivity index (χ4v) is 2.64. The first-order chi connectivity index (χ1) is 10.1. The molecule has 21 heavy (non-hydrogen) atoms. The van der Waals surface area contributed by atoms with Crippen LogP contribution in [0.25, 0.3) is 0 Å². The molecule has 0 saturated carbocycles. The lowest BCUT2D eigenvalue weighted by atomic mass is 10.0. The Morgan fingerprint density at radius 3 is 2.43 bits per heavy atom. The van der Waals surface area contributed by atoms with Crippen LogP contribution in [0.1, 0.15) is 30.5 Å². The van der Waals surface area contributed by atoms with Gasteiger partial charge in [-0.2, -0.15) is 0 Å². The molecule has 0 fully saturated rings. The number of ether oxygens (including phenoxy) is 1. The normalized spacial score (nSPS) is 12.0. The van der Waals surface area contributed by atoms with Crippen LogP contribution in [-0.2, 0) is 12.8 Å². The lowest BCUT2D eigenvalue weighted by Crippen LogP contribution is -2.19. The van der Waals surface area contributed by atoms with Gasteiger partial charge in [0.15, 0.2) is 0 Å². The van der Waals surface area contributed by atoms with Gasteiger partial charge in [-0.1, -0.05) is 37.3 Å². The van der Waals surface area contributed by atoms with E-state index in [1.165, 1.54) is 22.4 Å². The van der Waals surface area contributed by atoms with Gasteiger partial charge in [0.25, 0.3) is 0 Å². The average molecular weight is 283 g/mol. The monoisotopic (exact) mass is 283 g/mol. The van der Waals surface area contributed by atoms with Crippen LogP contribution in [0.5, 0.6) is 5.75 Å². The molecule has 2 nitrogen and oxygen atoms in total. The molecule has 1 atom stereocenters. The van der Waals surface area contributed by atoms with Crippen LogP contribution in [0.15, 0.2) is 42.5 Å². The maximum atomic E-state index is 5.20. The lowest BCUT2D eigenvalue weighted by molar-refractivity contribution is 0.414. The highest BCUT2D eigenvalue weighted by Crippen LogP contribution is 2.23. The first-order valence-corrected chi connectivity index (χ1v) is 7.62. The smallest absolute Gasteiger partial charge is 0.118 e. The second-order valence-electron chi connectivity index (χ2n) is 5.56. The summed E-state index contributed by atoms with van der Waals surface area (Å²) in [5, 5.41) is 3.68. The van der Waals surface area contributed by atoms with Gasteiger partial charge in [0.2, 0.25) is 0 Å². The molecule has 0 saturated heterocycles. The van der Waals surface area contributed by atoms with E-state index < -0.39 is 0 Å². The number of hydrogen-bond donors (Lipinski definition) is 1. The molecular weight excluding hydrogens is 258 g/mol. The third-order valence-electron chi connectivity index (χ3n) is 3.83. The van der Waals surface area contributed by atoms with Gasteiger partial charge in [0, 0.05) is 11.7 Å². The highest BCUT2D eigenvalue weighted by atomic mass is 16.5. The minimum Gasteiger partial charge on any atom is -0.497 e. The Hall–Kier alpha value is -1.96. The summed E-state index contributed by atoms with van der Waals surface area (Å²) in [4.78, 5) is 0. The van der Waals surface area contributed by atoms with Crippen molar-refractivity contribution in [1.82, 2.24) is 0 Å². The van der Waals surface area contributed by atoms with Crippen LogP contribution in [0.3, 0.4) is 0 Å². The number of benzene rings is 2. The van der Waals surface area contributed by atoms with Crippen LogP contribution in [0.4, 0.5) is 5.69 Å². The zero-order chi connectivity index (χ0) is 15.2. The van der Waals surface area contributed by atoms with E-state index in [9.17, 15) is 0 Å². The molecule has 0 amide bonds. The van der Waals surface area contributed by atoms with Crippen molar-refractivity contribution in [2.75, 3.05) is 12.4 Å². The van der Waals surface area contributed by atoms with E-state index in [1.807, 2.05) is 12.1 Å². The lowest BCUT2D eigenvalue weighted by Gasteiger charge is -2.20. The number of nitrogens with one attached hydrogen (secondary N) is 1. The second-order valence-corrected chi connectivity index (χ2v) is 5.56. The first kappa shape index (κ1) is 15.4. The summed E-state index contributed by atoms with van der Waals surface area (Å²) in [5.74, 6) is 0.909. The molecule has 0 heterocycles. The molecule has 2 heteroatoms. The quantitative estimate of drug-likeness (QED) is 0.836. The highest BCUT2D eigenvalue weighted by molar-refractivity contribution is 5.57. The topological polar surface area (TPSA) is 21.3 Å². The summed E-state index contributed by atoms with van der Waals surface area (Å²) in [5.41, 5.74) is 5.32. The molecule has 0 aliphatic heterocycles. The molecule has 112 valence electrons. The van der Waals surface area contributed by atoms with Gasteiger partial charge < -0.3 is 10.1 Å². The summed E-state index contributed by atoms with van der Waals surface area (Å²) >= 11 is 0. The van der Waals surface area contributed by atoms with E-state index in [-0.39, 0.29) is 0 Å². The summed E-state index contributed by atoms with van der Waals surface area (Å²) in [6, 6.07) is 15.2. The predicted molar refractivity (Wildman–Crippen MR) is 90.3 cm³/mol. The predicted octanol–water partition coefficient (Wildman–Crippen LogP) is 4.61. The Morgan fingerprint density at radius 2 is 1.81 bits per heavy atom. The molecule has 0 bridgehead atoms. The molecular formula is C19H25NO. The summed E-state index contributed by atoms with van der Waals surface area (Å²) in [7, 11) is 1.70. The van der Waals surface area contributed by atoms with Gasteiger partial charge in [-0.3, -0.25) is 0 Å². The first-order valence-electron chi connectivity index (χ1n) is 7.62.